The molecule has 0 fully saturated rings. The van der Waals surface area contributed by atoms with Gasteiger partial charge in [-0.05, 0) is 48.5 Å². The van der Waals surface area contributed by atoms with Gasteiger partial charge in [0.2, 0.25) is 5.91 Å². The molecule has 0 aliphatic carbocycles. The Morgan fingerprint density at radius 2 is 1.70 bits per heavy atom. The summed E-state index contributed by atoms with van der Waals surface area (Å²) in [6.45, 7) is 0. The lowest BCUT2D eigenvalue weighted by Gasteiger charge is -2.05. The first-order chi connectivity index (χ1) is 9.54. The van der Waals surface area contributed by atoms with Crippen LogP contribution in [0.3, 0.4) is 0 Å². The minimum Gasteiger partial charge on any atom is -0.325 e. The van der Waals surface area contributed by atoms with Crippen LogP contribution in [0.5, 0.6) is 0 Å². The fourth-order valence-electron chi connectivity index (χ4n) is 1.52. The third kappa shape index (κ3) is 4.15. The van der Waals surface area contributed by atoms with Crippen LogP contribution in [0.4, 0.5) is 10.1 Å². The van der Waals surface area contributed by atoms with Crippen molar-refractivity contribution in [3.05, 3.63) is 59.4 Å². The molecule has 2 aromatic rings. The number of nitrogens with one attached hydrogen (secondary N) is 1. The number of hydrogen-bond donors (Lipinski definition) is 1. The van der Waals surface area contributed by atoms with E-state index in [-0.39, 0.29) is 11.7 Å². The summed E-state index contributed by atoms with van der Waals surface area (Å²) in [5.41, 5.74) is 0.579. The zero-order chi connectivity index (χ0) is 14.5. The van der Waals surface area contributed by atoms with E-state index in [1.165, 1.54) is 24.3 Å². The fourth-order valence-corrected chi connectivity index (χ4v) is 2.56. The molecule has 20 heavy (non-hydrogen) atoms. The van der Waals surface area contributed by atoms with Gasteiger partial charge in [0.25, 0.3) is 0 Å². The Balaban J connectivity index is 1.95. The van der Waals surface area contributed by atoms with Gasteiger partial charge in [-0.2, -0.15) is 0 Å². The van der Waals surface area contributed by atoms with Crippen LogP contribution >= 0.6 is 11.6 Å². The second kappa shape index (κ2) is 6.63. The van der Waals surface area contributed by atoms with Crippen molar-refractivity contribution in [1.29, 1.82) is 0 Å². The molecule has 6 heteroatoms. The molecule has 0 aliphatic heterocycles. The molecule has 0 bridgehead atoms. The predicted octanol–water partition coefficient (Wildman–Crippen LogP) is 3.23. The summed E-state index contributed by atoms with van der Waals surface area (Å²) < 4.78 is 24.7. The van der Waals surface area contributed by atoms with Crippen LogP contribution in [0.25, 0.3) is 0 Å². The normalized spacial score (nSPS) is 11.9. The fraction of sp³-hybridized carbons (Fsp3) is 0.0714. The van der Waals surface area contributed by atoms with Crippen molar-refractivity contribution < 1.29 is 13.4 Å². The summed E-state index contributed by atoms with van der Waals surface area (Å²) >= 11 is 5.73. The van der Waals surface area contributed by atoms with Crippen LogP contribution in [0.15, 0.2) is 53.4 Å². The largest absolute Gasteiger partial charge is 0.325 e. The third-order valence-corrected chi connectivity index (χ3v) is 4.04. The Morgan fingerprint density at radius 1 is 1.10 bits per heavy atom. The first-order valence-electron chi connectivity index (χ1n) is 5.74. The van der Waals surface area contributed by atoms with Gasteiger partial charge in [-0.15, -0.1) is 0 Å². The van der Waals surface area contributed by atoms with E-state index in [2.05, 4.69) is 5.32 Å². The van der Waals surface area contributed by atoms with Crippen LogP contribution in [-0.4, -0.2) is 15.9 Å². The number of benzene rings is 2. The summed E-state index contributed by atoms with van der Waals surface area (Å²) in [4.78, 5) is 12.2. The zero-order valence-corrected chi connectivity index (χ0v) is 11.9. The monoisotopic (exact) mass is 311 g/mol. The first kappa shape index (κ1) is 14.7. The molecule has 0 spiro atoms. The molecular formula is C14H11ClFNO2S. The Kier molecular flexibility index (Phi) is 4.87. The SMILES string of the molecule is O=C(CS(=O)c1ccc(F)cc1)Nc1ccc(Cl)cc1. The van der Waals surface area contributed by atoms with Crippen LogP contribution in [-0.2, 0) is 15.6 Å². The predicted molar refractivity (Wildman–Crippen MR) is 77.8 cm³/mol. The van der Waals surface area contributed by atoms with Gasteiger partial charge in [-0.1, -0.05) is 11.6 Å². The number of rotatable bonds is 4. The first-order valence-corrected chi connectivity index (χ1v) is 7.43. The van der Waals surface area contributed by atoms with Crippen LogP contribution in [0.2, 0.25) is 5.02 Å². The van der Waals surface area contributed by atoms with Gasteiger partial charge in [0.05, 0.1) is 10.8 Å². The lowest BCUT2D eigenvalue weighted by Crippen LogP contribution is -2.19. The molecule has 104 valence electrons. The zero-order valence-electron chi connectivity index (χ0n) is 10.3. The van der Waals surface area contributed by atoms with E-state index >= 15 is 0 Å². The van der Waals surface area contributed by atoms with Crippen molar-refractivity contribution in [1.82, 2.24) is 0 Å². The molecule has 1 unspecified atom stereocenters. The van der Waals surface area contributed by atoms with Gasteiger partial charge >= 0.3 is 0 Å². The average Bonchev–Trinajstić information content (AvgIpc) is 2.42. The highest BCUT2D eigenvalue weighted by Gasteiger charge is 2.10. The van der Waals surface area contributed by atoms with Crippen LogP contribution < -0.4 is 5.32 Å². The Bertz CT molecular complexity index is 629. The van der Waals surface area contributed by atoms with Crippen molar-refractivity contribution in [2.24, 2.45) is 0 Å². The summed E-state index contributed by atoms with van der Waals surface area (Å²) in [5, 5.41) is 3.18. The van der Waals surface area contributed by atoms with Crippen molar-refractivity contribution in [2.75, 3.05) is 11.1 Å². The number of halogens is 2. The lowest BCUT2D eigenvalue weighted by atomic mass is 10.3. The molecule has 1 amide bonds. The standard InChI is InChI=1S/C14H11ClFNO2S/c15-10-1-5-12(6-2-10)17-14(18)9-20(19)13-7-3-11(16)4-8-13/h1-8H,9H2,(H,17,18). The van der Waals surface area contributed by atoms with Crippen molar-refractivity contribution in [2.45, 2.75) is 4.90 Å². The molecule has 0 heterocycles. The van der Waals surface area contributed by atoms with E-state index in [4.69, 9.17) is 11.6 Å². The minimum absolute atomic E-state index is 0.186. The lowest BCUT2D eigenvalue weighted by molar-refractivity contribution is -0.113. The Morgan fingerprint density at radius 3 is 2.30 bits per heavy atom. The molecule has 2 aromatic carbocycles. The van der Waals surface area contributed by atoms with Gasteiger partial charge in [0.1, 0.15) is 11.6 Å². The van der Waals surface area contributed by atoms with Crippen LogP contribution in [0, 0.1) is 5.82 Å². The van der Waals surface area contributed by atoms with E-state index in [1.807, 2.05) is 0 Å². The van der Waals surface area contributed by atoms with Gasteiger partial charge in [-0.25, -0.2) is 4.39 Å². The number of carbonyl (C=O) groups excluding carboxylic acids is 1. The van der Waals surface area contributed by atoms with E-state index in [0.717, 1.165) is 0 Å². The number of carbonyl (C=O) groups is 1. The summed E-state index contributed by atoms with van der Waals surface area (Å²) in [6, 6.07) is 11.8. The van der Waals surface area contributed by atoms with E-state index < -0.39 is 16.6 Å². The van der Waals surface area contributed by atoms with E-state index in [0.29, 0.717) is 15.6 Å². The number of hydrogen-bond acceptors (Lipinski definition) is 2. The van der Waals surface area contributed by atoms with Gasteiger partial charge in [0.15, 0.2) is 0 Å². The second-order valence-electron chi connectivity index (χ2n) is 4.00. The van der Waals surface area contributed by atoms with Crippen molar-refractivity contribution in [3.63, 3.8) is 0 Å². The quantitative estimate of drug-likeness (QED) is 0.942. The molecule has 0 radical (unpaired) electrons. The van der Waals surface area contributed by atoms with E-state index in [1.54, 1.807) is 24.3 Å². The minimum atomic E-state index is -1.50. The summed E-state index contributed by atoms with van der Waals surface area (Å²) in [6.07, 6.45) is 0. The summed E-state index contributed by atoms with van der Waals surface area (Å²) in [5.74, 6) is -0.972. The number of anilines is 1. The Hall–Kier alpha value is -1.72. The van der Waals surface area contributed by atoms with Gasteiger partial charge < -0.3 is 5.32 Å². The third-order valence-electron chi connectivity index (χ3n) is 2.47. The maximum atomic E-state index is 12.7. The van der Waals surface area contributed by atoms with Gasteiger partial charge in [0, 0.05) is 15.6 Å². The molecule has 0 saturated heterocycles. The molecule has 1 atom stereocenters. The Labute approximate surface area is 123 Å². The number of amides is 1. The highest BCUT2D eigenvalue weighted by atomic mass is 35.5. The van der Waals surface area contributed by atoms with Crippen LogP contribution in [0.1, 0.15) is 0 Å². The van der Waals surface area contributed by atoms with Gasteiger partial charge in [-0.3, -0.25) is 9.00 Å². The maximum absolute atomic E-state index is 12.7. The topological polar surface area (TPSA) is 46.2 Å². The molecule has 2 rings (SSSR count). The molecular weight excluding hydrogens is 301 g/mol. The molecule has 0 saturated carbocycles. The smallest absolute Gasteiger partial charge is 0.237 e. The molecule has 3 nitrogen and oxygen atoms in total. The highest BCUT2D eigenvalue weighted by molar-refractivity contribution is 7.85. The molecule has 0 aromatic heterocycles. The average molecular weight is 312 g/mol. The molecule has 1 N–H and O–H groups in total. The second-order valence-corrected chi connectivity index (χ2v) is 5.89. The van der Waals surface area contributed by atoms with Crippen molar-refractivity contribution in [3.8, 4) is 0 Å². The van der Waals surface area contributed by atoms with Crippen molar-refractivity contribution >= 4 is 34.0 Å². The highest BCUT2D eigenvalue weighted by Crippen LogP contribution is 2.14. The maximum Gasteiger partial charge on any atom is 0.237 e. The van der Waals surface area contributed by atoms with E-state index in [9.17, 15) is 13.4 Å². The molecule has 0 aliphatic rings. The summed E-state index contributed by atoms with van der Waals surface area (Å²) in [7, 11) is -1.50.